The minimum absolute atomic E-state index is 0.208. The molecule has 0 spiro atoms. The Morgan fingerprint density at radius 3 is 2.64 bits per heavy atom. The lowest BCUT2D eigenvalue weighted by molar-refractivity contribution is 0.0528. The van der Waals surface area contributed by atoms with Gasteiger partial charge in [0.2, 0.25) is 0 Å². The van der Waals surface area contributed by atoms with Crippen LogP contribution in [0.2, 0.25) is 0 Å². The van der Waals surface area contributed by atoms with Gasteiger partial charge in [-0.15, -0.1) is 0 Å². The summed E-state index contributed by atoms with van der Waals surface area (Å²) in [5, 5.41) is 2.69. The summed E-state index contributed by atoms with van der Waals surface area (Å²) < 4.78 is 25.9. The number of halogens is 1. The molecule has 2 rings (SSSR count). The summed E-state index contributed by atoms with van der Waals surface area (Å²) in [7, 11) is 1.44. The molecule has 6 heteroatoms. The van der Waals surface area contributed by atoms with Crippen LogP contribution in [0.3, 0.4) is 0 Å². The highest BCUT2D eigenvalue weighted by atomic mass is 19.1. The lowest BCUT2D eigenvalue weighted by atomic mass is 10.2. The van der Waals surface area contributed by atoms with Gasteiger partial charge in [0.15, 0.2) is 11.6 Å². The first-order chi connectivity index (χ1) is 10.3. The molecule has 2 aromatic heterocycles. The Hall–Kier alpha value is -2.24. The van der Waals surface area contributed by atoms with E-state index < -0.39 is 17.5 Å². The molecule has 0 bridgehead atoms. The Kier molecular flexibility index (Phi) is 4.59. The molecular formula is C16H21FN2O3. The number of aromatic nitrogens is 1. The first-order valence-electron chi connectivity index (χ1n) is 7.10. The number of carbonyl (C=O) groups is 1. The van der Waals surface area contributed by atoms with Crippen molar-refractivity contribution in [2.24, 2.45) is 0 Å². The summed E-state index contributed by atoms with van der Waals surface area (Å²) in [6.07, 6.45) is 3.56. The SMILES string of the molecule is COc1c(F)ccn2ccc(CCNC(=O)OC(C)(C)C)c12. The van der Waals surface area contributed by atoms with Crippen molar-refractivity contribution in [1.82, 2.24) is 9.72 Å². The van der Waals surface area contributed by atoms with E-state index in [1.54, 1.807) is 10.6 Å². The molecular weight excluding hydrogens is 287 g/mol. The van der Waals surface area contributed by atoms with Gasteiger partial charge < -0.3 is 19.2 Å². The van der Waals surface area contributed by atoms with Gasteiger partial charge in [-0.3, -0.25) is 0 Å². The Morgan fingerprint density at radius 2 is 2.00 bits per heavy atom. The van der Waals surface area contributed by atoms with Crippen LogP contribution in [0.15, 0.2) is 24.5 Å². The first kappa shape index (κ1) is 16.1. The predicted octanol–water partition coefficient (Wildman–Crippen LogP) is 3.15. The van der Waals surface area contributed by atoms with Gasteiger partial charge in [-0.05, 0) is 44.9 Å². The second kappa shape index (κ2) is 6.25. The minimum atomic E-state index is -0.528. The number of fused-ring (bicyclic) bond motifs is 1. The van der Waals surface area contributed by atoms with Crippen LogP contribution in [0.1, 0.15) is 26.3 Å². The van der Waals surface area contributed by atoms with Gasteiger partial charge in [0.1, 0.15) is 5.60 Å². The maximum atomic E-state index is 13.8. The fraction of sp³-hybridized carbons (Fsp3) is 0.438. The van der Waals surface area contributed by atoms with Gasteiger partial charge in [-0.1, -0.05) is 0 Å². The molecule has 0 aliphatic rings. The zero-order valence-corrected chi connectivity index (χ0v) is 13.3. The van der Waals surface area contributed by atoms with E-state index in [-0.39, 0.29) is 5.75 Å². The lowest BCUT2D eigenvalue weighted by Crippen LogP contribution is -2.33. The van der Waals surface area contributed by atoms with Gasteiger partial charge in [-0.25, -0.2) is 9.18 Å². The van der Waals surface area contributed by atoms with E-state index in [0.29, 0.717) is 18.5 Å². The molecule has 1 N–H and O–H groups in total. The van der Waals surface area contributed by atoms with Crippen LogP contribution < -0.4 is 10.1 Å². The number of pyridine rings is 1. The Balaban J connectivity index is 2.06. The molecule has 0 aromatic carbocycles. The summed E-state index contributed by atoms with van der Waals surface area (Å²) in [6, 6.07) is 3.24. The Morgan fingerprint density at radius 1 is 1.32 bits per heavy atom. The maximum Gasteiger partial charge on any atom is 0.407 e. The smallest absolute Gasteiger partial charge is 0.407 e. The monoisotopic (exact) mass is 308 g/mol. The third-order valence-electron chi connectivity index (χ3n) is 3.08. The van der Waals surface area contributed by atoms with Crippen molar-refractivity contribution < 1.29 is 18.7 Å². The summed E-state index contributed by atoms with van der Waals surface area (Å²) in [6.45, 7) is 5.82. The summed E-state index contributed by atoms with van der Waals surface area (Å²) >= 11 is 0. The van der Waals surface area contributed by atoms with Crippen molar-refractivity contribution in [3.05, 3.63) is 35.9 Å². The predicted molar refractivity (Wildman–Crippen MR) is 81.8 cm³/mol. The zero-order valence-electron chi connectivity index (χ0n) is 13.3. The highest BCUT2D eigenvalue weighted by Gasteiger charge is 2.16. The van der Waals surface area contributed by atoms with Crippen molar-refractivity contribution in [2.45, 2.75) is 32.8 Å². The van der Waals surface area contributed by atoms with Crippen LogP contribution in [0.4, 0.5) is 9.18 Å². The first-order valence-corrected chi connectivity index (χ1v) is 7.10. The van der Waals surface area contributed by atoms with Crippen LogP contribution in [0.25, 0.3) is 5.52 Å². The average molecular weight is 308 g/mol. The highest BCUT2D eigenvalue weighted by molar-refractivity contribution is 5.69. The molecule has 0 radical (unpaired) electrons. The van der Waals surface area contributed by atoms with E-state index in [0.717, 1.165) is 5.56 Å². The molecule has 1 amide bonds. The van der Waals surface area contributed by atoms with Gasteiger partial charge in [0, 0.05) is 18.9 Å². The van der Waals surface area contributed by atoms with E-state index >= 15 is 0 Å². The maximum absolute atomic E-state index is 13.8. The Labute approximate surface area is 129 Å². The quantitative estimate of drug-likeness (QED) is 0.944. The number of alkyl carbamates (subject to hydrolysis) is 1. The summed E-state index contributed by atoms with van der Waals surface area (Å²) in [4.78, 5) is 11.6. The second-order valence-electron chi connectivity index (χ2n) is 5.97. The molecule has 0 saturated heterocycles. The van der Waals surface area contributed by atoms with Crippen LogP contribution in [-0.2, 0) is 11.2 Å². The molecule has 0 aliphatic heterocycles. The topological polar surface area (TPSA) is 52.0 Å². The normalized spacial score (nSPS) is 11.5. The number of hydrogen-bond acceptors (Lipinski definition) is 3. The molecule has 2 heterocycles. The van der Waals surface area contributed by atoms with E-state index in [1.165, 1.54) is 13.2 Å². The number of nitrogens with one attached hydrogen (secondary N) is 1. The Bertz CT molecular complexity index is 674. The van der Waals surface area contributed by atoms with Crippen molar-refractivity contribution in [3.8, 4) is 5.75 Å². The molecule has 22 heavy (non-hydrogen) atoms. The van der Waals surface area contributed by atoms with Crippen molar-refractivity contribution in [3.63, 3.8) is 0 Å². The van der Waals surface area contributed by atoms with E-state index in [2.05, 4.69) is 5.32 Å². The number of amides is 1. The molecule has 0 saturated carbocycles. The molecule has 0 atom stereocenters. The van der Waals surface area contributed by atoms with Crippen LogP contribution >= 0.6 is 0 Å². The molecule has 5 nitrogen and oxygen atoms in total. The summed E-state index contributed by atoms with van der Waals surface area (Å²) in [5.74, 6) is -0.199. The second-order valence-corrected chi connectivity index (χ2v) is 5.97. The van der Waals surface area contributed by atoms with E-state index in [9.17, 15) is 9.18 Å². The van der Waals surface area contributed by atoms with Gasteiger partial charge in [0.05, 0.1) is 12.6 Å². The zero-order chi connectivity index (χ0) is 16.3. The fourth-order valence-corrected chi connectivity index (χ4v) is 2.22. The molecule has 0 fully saturated rings. The van der Waals surface area contributed by atoms with Gasteiger partial charge >= 0.3 is 6.09 Å². The van der Waals surface area contributed by atoms with Crippen LogP contribution in [0.5, 0.6) is 5.75 Å². The third-order valence-corrected chi connectivity index (χ3v) is 3.08. The highest BCUT2D eigenvalue weighted by Crippen LogP contribution is 2.27. The average Bonchev–Trinajstić information content (AvgIpc) is 2.80. The van der Waals surface area contributed by atoms with Crippen molar-refractivity contribution >= 4 is 11.6 Å². The number of hydrogen-bond donors (Lipinski definition) is 1. The van der Waals surface area contributed by atoms with Gasteiger partial charge in [-0.2, -0.15) is 0 Å². The molecule has 0 aliphatic carbocycles. The lowest BCUT2D eigenvalue weighted by Gasteiger charge is -2.19. The van der Waals surface area contributed by atoms with Crippen LogP contribution in [0, 0.1) is 5.82 Å². The van der Waals surface area contributed by atoms with E-state index in [4.69, 9.17) is 9.47 Å². The number of methoxy groups -OCH3 is 1. The minimum Gasteiger partial charge on any atom is -0.492 e. The van der Waals surface area contributed by atoms with E-state index in [1.807, 2.05) is 33.0 Å². The molecule has 120 valence electrons. The van der Waals surface area contributed by atoms with Crippen LogP contribution in [-0.4, -0.2) is 29.7 Å². The fourth-order valence-electron chi connectivity index (χ4n) is 2.22. The third kappa shape index (κ3) is 3.69. The number of carbonyl (C=O) groups excluding carboxylic acids is 1. The standard InChI is InChI=1S/C16H21FN2O3/c1-16(2,3)22-15(20)18-8-5-11-6-9-19-10-7-12(17)14(21-4)13(11)19/h6-7,9-10H,5,8H2,1-4H3,(H,18,20). The van der Waals surface area contributed by atoms with Gasteiger partial charge in [0.25, 0.3) is 0 Å². The number of nitrogens with zero attached hydrogens (tertiary/aromatic N) is 1. The van der Waals surface area contributed by atoms with Crippen molar-refractivity contribution in [2.75, 3.05) is 13.7 Å². The van der Waals surface area contributed by atoms with Crippen molar-refractivity contribution in [1.29, 1.82) is 0 Å². The number of ether oxygens (including phenoxy) is 2. The summed E-state index contributed by atoms with van der Waals surface area (Å²) in [5.41, 5.74) is 1.04. The molecule has 2 aromatic rings. The molecule has 0 unspecified atom stereocenters. The largest absolute Gasteiger partial charge is 0.492 e. The number of rotatable bonds is 4.